The third kappa shape index (κ3) is 10.4. The molecule has 2 rings (SSSR count). The second-order valence-corrected chi connectivity index (χ2v) is 8.35. The van der Waals surface area contributed by atoms with Gasteiger partial charge in [0.1, 0.15) is 26.4 Å². The first-order chi connectivity index (χ1) is 19.0. The van der Waals surface area contributed by atoms with E-state index >= 15 is 0 Å². The standard InChI is InChI=1S/C28H34O12/c1-17(29)35-11-12-36-23-10-8-22(14-26(23)34-6)28(39-20(4)32)27(16-38-19(3)31)40-24-9-7-21(13-25(24)33-5)15-37-18(2)30/h7-10,13-14,27-28H,11-12,15-16H2,1-6H3. The fourth-order valence-corrected chi connectivity index (χ4v) is 3.48. The lowest BCUT2D eigenvalue weighted by Crippen LogP contribution is -2.34. The average Bonchev–Trinajstić information content (AvgIpc) is 2.91. The Labute approximate surface area is 232 Å². The Kier molecular flexibility index (Phi) is 12.5. The lowest BCUT2D eigenvalue weighted by atomic mass is 10.0. The minimum Gasteiger partial charge on any atom is -0.493 e. The van der Waals surface area contributed by atoms with Crippen LogP contribution in [0, 0.1) is 0 Å². The van der Waals surface area contributed by atoms with Gasteiger partial charge in [0.15, 0.2) is 35.2 Å². The van der Waals surface area contributed by atoms with E-state index in [0.29, 0.717) is 28.4 Å². The monoisotopic (exact) mass is 562 g/mol. The van der Waals surface area contributed by atoms with E-state index in [9.17, 15) is 19.2 Å². The van der Waals surface area contributed by atoms with Gasteiger partial charge in [0.05, 0.1) is 14.2 Å². The first kappa shape index (κ1) is 31.7. The van der Waals surface area contributed by atoms with Crippen LogP contribution in [0.2, 0.25) is 0 Å². The van der Waals surface area contributed by atoms with Crippen molar-refractivity contribution in [3.63, 3.8) is 0 Å². The summed E-state index contributed by atoms with van der Waals surface area (Å²) in [5, 5.41) is 0. The van der Waals surface area contributed by atoms with Crippen LogP contribution in [0.25, 0.3) is 0 Å². The molecule has 2 atom stereocenters. The number of ether oxygens (including phenoxy) is 8. The van der Waals surface area contributed by atoms with Gasteiger partial charge in [-0.3, -0.25) is 19.2 Å². The lowest BCUT2D eigenvalue weighted by molar-refractivity contribution is -0.157. The Hall–Kier alpha value is -4.48. The number of carbonyl (C=O) groups is 4. The van der Waals surface area contributed by atoms with Crippen molar-refractivity contribution in [1.29, 1.82) is 0 Å². The molecule has 0 fully saturated rings. The molecule has 40 heavy (non-hydrogen) atoms. The zero-order valence-corrected chi connectivity index (χ0v) is 23.3. The van der Waals surface area contributed by atoms with Crippen LogP contribution in [-0.2, 0) is 44.7 Å². The minimum absolute atomic E-state index is 0.0357. The van der Waals surface area contributed by atoms with Crippen molar-refractivity contribution in [2.45, 2.75) is 46.5 Å². The van der Waals surface area contributed by atoms with Crippen molar-refractivity contribution in [2.24, 2.45) is 0 Å². The molecule has 0 bridgehead atoms. The Morgan fingerprint density at radius 3 is 1.90 bits per heavy atom. The Balaban J connectivity index is 2.40. The summed E-state index contributed by atoms with van der Waals surface area (Å²) in [6, 6.07) is 9.75. The average molecular weight is 563 g/mol. The number of benzene rings is 2. The van der Waals surface area contributed by atoms with Crippen LogP contribution in [0.4, 0.5) is 0 Å². The van der Waals surface area contributed by atoms with Crippen LogP contribution < -0.4 is 18.9 Å². The maximum atomic E-state index is 12.1. The van der Waals surface area contributed by atoms with Crippen LogP contribution in [-0.4, -0.2) is 64.0 Å². The van der Waals surface area contributed by atoms with E-state index in [1.165, 1.54) is 41.9 Å². The van der Waals surface area contributed by atoms with E-state index < -0.39 is 36.1 Å². The summed E-state index contributed by atoms with van der Waals surface area (Å²) in [4.78, 5) is 45.9. The van der Waals surface area contributed by atoms with E-state index in [0.717, 1.165) is 0 Å². The topological polar surface area (TPSA) is 142 Å². The molecule has 0 heterocycles. The van der Waals surface area contributed by atoms with Crippen molar-refractivity contribution in [1.82, 2.24) is 0 Å². The fourth-order valence-electron chi connectivity index (χ4n) is 3.48. The van der Waals surface area contributed by atoms with E-state index in [1.807, 2.05) is 0 Å². The molecule has 218 valence electrons. The van der Waals surface area contributed by atoms with Crippen LogP contribution in [0.1, 0.15) is 44.9 Å². The number of methoxy groups -OCH3 is 2. The Bertz CT molecular complexity index is 1180. The molecule has 0 aliphatic rings. The van der Waals surface area contributed by atoms with Crippen LogP contribution in [0.5, 0.6) is 23.0 Å². The molecule has 0 saturated carbocycles. The lowest BCUT2D eigenvalue weighted by Gasteiger charge is -2.28. The summed E-state index contributed by atoms with van der Waals surface area (Å²) in [6.45, 7) is 5.00. The second-order valence-electron chi connectivity index (χ2n) is 8.35. The maximum Gasteiger partial charge on any atom is 0.303 e. The highest BCUT2D eigenvalue weighted by Crippen LogP contribution is 2.36. The first-order valence-electron chi connectivity index (χ1n) is 12.3. The molecule has 0 amide bonds. The highest BCUT2D eigenvalue weighted by molar-refractivity contribution is 5.67. The van der Waals surface area contributed by atoms with Crippen molar-refractivity contribution in [2.75, 3.05) is 34.0 Å². The van der Waals surface area contributed by atoms with Gasteiger partial charge in [0, 0.05) is 33.3 Å². The SMILES string of the molecule is COc1cc(C(OC(C)=O)C(COC(C)=O)Oc2ccc(COC(C)=O)cc2OC)ccc1OCCOC(C)=O. The van der Waals surface area contributed by atoms with Crippen LogP contribution in [0.3, 0.4) is 0 Å². The van der Waals surface area contributed by atoms with Crippen LogP contribution >= 0.6 is 0 Å². The van der Waals surface area contributed by atoms with Gasteiger partial charge >= 0.3 is 23.9 Å². The summed E-state index contributed by atoms with van der Waals surface area (Å²) >= 11 is 0. The number of hydrogen-bond donors (Lipinski definition) is 0. The van der Waals surface area contributed by atoms with Gasteiger partial charge in [-0.1, -0.05) is 12.1 Å². The van der Waals surface area contributed by atoms with Gasteiger partial charge in [0.25, 0.3) is 0 Å². The molecule has 2 aromatic carbocycles. The smallest absolute Gasteiger partial charge is 0.303 e. The maximum absolute atomic E-state index is 12.1. The third-order valence-corrected chi connectivity index (χ3v) is 5.19. The van der Waals surface area contributed by atoms with Crippen molar-refractivity contribution in [3.05, 3.63) is 47.5 Å². The van der Waals surface area contributed by atoms with E-state index in [2.05, 4.69) is 0 Å². The molecule has 0 aliphatic heterocycles. The molecule has 0 spiro atoms. The molecule has 12 heteroatoms. The van der Waals surface area contributed by atoms with E-state index in [4.69, 9.17) is 37.9 Å². The molecule has 12 nitrogen and oxygen atoms in total. The summed E-state index contributed by atoms with van der Waals surface area (Å²) < 4.78 is 43.5. The number of esters is 4. The van der Waals surface area contributed by atoms with Gasteiger partial charge in [-0.2, -0.15) is 0 Å². The molecular weight excluding hydrogens is 528 g/mol. The summed E-state index contributed by atoms with van der Waals surface area (Å²) in [7, 11) is 2.88. The van der Waals surface area contributed by atoms with Gasteiger partial charge in [0.2, 0.25) is 0 Å². The zero-order chi connectivity index (χ0) is 29.7. The molecule has 0 aromatic heterocycles. The zero-order valence-electron chi connectivity index (χ0n) is 23.3. The Morgan fingerprint density at radius 1 is 0.675 bits per heavy atom. The van der Waals surface area contributed by atoms with E-state index in [1.54, 1.807) is 36.4 Å². The highest BCUT2D eigenvalue weighted by atomic mass is 16.6. The Morgan fingerprint density at radius 2 is 1.30 bits per heavy atom. The summed E-state index contributed by atoms with van der Waals surface area (Å²) in [6.07, 6.45) is -2.06. The normalized spacial score (nSPS) is 11.8. The molecule has 0 saturated heterocycles. The molecule has 0 N–H and O–H groups in total. The van der Waals surface area contributed by atoms with Crippen molar-refractivity contribution >= 4 is 23.9 Å². The van der Waals surface area contributed by atoms with Crippen LogP contribution in [0.15, 0.2) is 36.4 Å². The number of rotatable bonds is 15. The molecular formula is C28H34O12. The van der Waals surface area contributed by atoms with Gasteiger partial charge < -0.3 is 37.9 Å². The molecule has 0 aliphatic carbocycles. The fraction of sp³-hybridized carbons (Fsp3) is 0.429. The first-order valence-corrected chi connectivity index (χ1v) is 12.3. The second kappa shape index (κ2) is 15.8. The molecule has 2 aromatic rings. The van der Waals surface area contributed by atoms with Gasteiger partial charge in [-0.05, 0) is 29.8 Å². The van der Waals surface area contributed by atoms with Crippen molar-refractivity contribution in [3.8, 4) is 23.0 Å². The highest BCUT2D eigenvalue weighted by Gasteiger charge is 2.31. The summed E-state index contributed by atoms with van der Waals surface area (Å²) in [5.74, 6) is -0.767. The predicted molar refractivity (Wildman–Crippen MR) is 139 cm³/mol. The van der Waals surface area contributed by atoms with Gasteiger partial charge in [-0.25, -0.2) is 0 Å². The summed E-state index contributed by atoms with van der Waals surface area (Å²) in [5.41, 5.74) is 1.11. The molecule has 0 radical (unpaired) electrons. The van der Waals surface area contributed by atoms with Gasteiger partial charge in [-0.15, -0.1) is 0 Å². The minimum atomic E-state index is -1.05. The quantitative estimate of drug-likeness (QED) is 0.178. The molecule has 2 unspecified atom stereocenters. The number of carbonyl (C=O) groups excluding carboxylic acids is 4. The largest absolute Gasteiger partial charge is 0.493 e. The predicted octanol–water partition coefficient (Wildman–Crippen LogP) is 3.32. The van der Waals surface area contributed by atoms with E-state index in [-0.39, 0.29) is 32.2 Å². The third-order valence-electron chi connectivity index (χ3n) is 5.19. The van der Waals surface area contributed by atoms with Crippen molar-refractivity contribution < 1.29 is 57.1 Å². The number of hydrogen-bond acceptors (Lipinski definition) is 12.